The Labute approximate surface area is 72.1 Å². The summed E-state index contributed by atoms with van der Waals surface area (Å²) in [6, 6.07) is 0. The highest BCUT2D eigenvalue weighted by molar-refractivity contribution is 5.93. The molecule has 2 radical (unpaired) electrons. The second-order valence-corrected chi connectivity index (χ2v) is 2.20. The number of hydrogen-bond acceptors (Lipinski definition) is 4. The number of aliphatic hydroxyl groups is 2. The first-order valence-corrected chi connectivity index (χ1v) is 3.64. The second-order valence-electron chi connectivity index (χ2n) is 2.20. The topological polar surface area (TPSA) is 60.8 Å². The minimum Gasteiger partial charge on any atom is -0.395 e. The van der Waals surface area contributed by atoms with E-state index in [9.17, 15) is 4.79 Å². The van der Waals surface area contributed by atoms with Crippen molar-refractivity contribution in [1.82, 2.24) is 4.90 Å². The fraction of sp³-hybridized carbons (Fsp3) is 0.500. The van der Waals surface area contributed by atoms with E-state index in [0.29, 0.717) is 13.1 Å². The standard InChI is InChI=1S/C8H13NO3/c1-8(12)2-3-9(4-6-10)5-7-11/h1-3,10-11H,4-7H2/b3-2+. The summed E-state index contributed by atoms with van der Waals surface area (Å²) in [6.45, 7) is 5.56. The van der Waals surface area contributed by atoms with Crippen molar-refractivity contribution in [3.63, 3.8) is 0 Å². The third kappa shape index (κ3) is 5.88. The van der Waals surface area contributed by atoms with Crippen LogP contribution in [0.4, 0.5) is 0 Å². The van der Waals surface area contributed by atoms with Crippen molar-refractivity contribution in [2.75, 3.05) is 26.3 Å². The van der Waals surface area contributed by atoms with Gasteiger partial charge in [0.1, 0.15) is 0 Å². The van der Waals surface area contributed by atoms with Crippen molar-refractivity contribution in [3.8, 4) is 0 Å². The first-order chi connectivity index (χ1) is 5.70. The van der Waals surface area contributed by atoms with Gasteiger partial charge >= 0.3 is 0 Å². The number of carbonyl (C=O) groups is 1. The van der Waals surface area contributed by atoms with Crippen molar-refractivity contribution in [2.45, 2.75) is 0 Å². The number of aliphatic hydroxyl groups excluding tert-OH is 2. The fourth-order valence-corrected chi connectivity index (χ4v) is 0.697. The van der Waals surface area contributed by atoms with Gasteiger partial charge in [0, 0.05) is 26.2 Å². The van der Waals surface area contributed by atoms with E-state index >= 15 is 0 Å². The van der Waals surface area contributed by atoms with Gasteiger partial charge in [-0.15, -0.1) is 0 Å². The monoisotopic (exact) mass is 171 g/mol. The van der Waals surface area contributed by atoms with Crippen LogP contribution >= 0.6 is 0 Å². The summed E-state index contributed by atoms with van der Waals surface area (Å²) >= 11 is 0. The zero-order valence-electron chi connectivity index (χ0n) is 6.81. The van der Waals surface area contributed by atoms with Gasteiger partial charge in [-0.05, 0) is 6.08 Å². The lowest BCUT2D eigenvalue weighted by Gasteiger charge is -2.16. The number of allylic oxidation sites excluding steroid dienone is 1. The van der Waals surface area contributed by atoms with Gasteiger partial charge < -0.3 is 15.1 Å². The molecule has 2 N–H and O–H groups in total. The van der Waals surface area contributed by atoms with E-state index in [1.807, 2.05) is 0 Å². The lowest BCUT2D eigenvalue weighted by molar-refractivity contribution is -0.110. The molecular formula is C8H13NO3. The summed E-state index contributed by atoms with van der Waals surface area (Å²) in [7, 11) is 0. The third-order valence-corrected chi connectivity index (χ3v) is 1.22. The van der Waals surface area contributed by atoms with E-state index in [2.05, 4.69) is 0 Å². The van der Waals surface area contributed by atoms with Gasteiger partial charge in [0.2, 0.25) is 0 Å². The van der Waals surface area contributed by atoms with Crippen LogP contribution in [0.2, 0.25) is 0 Å². The molecule has 0 aliphatic heterocycles. The van der Waals surface area contributed by atoms with Crippen LogP contribution < -0.4 is 0 Å². The van der Waals surface area contributed by atoms with Gasteiger partial charge in [0.25, 0.3) is 0 Å². The highest BCUT2D eigenvalue weighted by Crippen LogP contribution is 1.88. The molecule has 0 fully saturated rings. The molecule has 0 heterocycles. The van der Waals surface area contributed by atoms with Crippen LogP contribution in [0.5, 0.6) is 0 Å². The Morgan fingerprint density at radius 2 is 1.83 bits per heavy atom. The number of carbonyl (C=O) groups excluding carboxylic acids is 1. The number of hydrogen-bond donors (Lipinski definition) is 2. The summed E-state index contributed by atoms with van der Waals surface area (Å²) in [4.78, 5) is 11.9. The summed E-state index contributed by atoms with van der Waals surface area (Å²) in [5.74, 6) is -0.545. The van der Waals surface area contributed by atoms with E-state index in [0.717, 1.165) is 0 Å². The molecule has 0 aliphatic carbocycles. The van der Waals surface area contributed by atoms with Crippen LogP contribution in [0.3, 0.4) is 0 Å². The molecule has 4 nitrogen and oxygen atoms in total. The number of ketones is 1. The SMILES string of the molecule is [CH]C(=O)/C=C/N(CCO)CCO. The van der Waals surface area contributed by atoms with E-state index in [4.69, 9.17) is 17.1 Å². The molecule has 12 heavy (non-hydrogen) atoms. The van der Waals surface area contributed by atoms with Gasteiger partial charge in [0.15, 0.2) is 5.78 Å². The highest BCUT2D eigenvalue weighted by Gasteiger charge is 1.96. The summed E-state index contributed by atoms with van der Waals surface area (Å²) < 4.78 is 0. The summed E-state index contributed by atoms with van der Waals surface area (Å²) in [5, 5.41) is 17.1. The zero-order chi connectivity index (χ0) is 9.40. The first kappa shape index (κ1) is 11.1. The van der Waals surface area contributed by atoms with Crippen molar-refractivity contribution >= 4 is 5.78 Å². The maximum Gasteiger partial charge on any atom is 0.161 e. The molecule has 0 saturated heterocycles. The van der Waals surface area contributed by atoms with Crippen molar-refractivity contribution in [1.29, 1.82) is 0 Å². The Bertz CT molecular complexity index is 150. The van der Waals surface area contributed by atoms with Gasteiger partial charge in [-0.25, -0.2) is 0 Å². The molecule has 0 bridgehead atoms. The normalized spacial score (nSPS) is 10.6. The van der Waals surface area contributed by atoms with Crippen molar-refractivity contribution in [2.24, 2.45) is 0 Å². The molecule has 0 aliphatic rings. The lowest BCUT2D eigenvalue weighted by atomic mass is 10.4. The highest BCUT2D eigenvalue weighted by atomic mass is 16.3. The number of nitrogens with zero attached hydrogens (tertiary/aromatic N) is 1. The molecule has 0 atom stereocenters. The Balaban J connectivity index is 3.84. The van der Waals surface area contributed by atoms with Crippen LogP contribution in [0.1, 0.15) is 0 Å². The van der Waals surface area contributed by atoms with Crippen molar-refractivity contribution in [3.05, 3.63) is 19.2 Å². The van der Waals surface area contributed by atoms with Crippen LogP contribution in [0.15, 0.2) is 12.3 Å². The maximum atomic E-state index is 10.3. The lowest BCUT2D eigenvalue weighted by Crippen LogP contribution is -2.24. The predicted octanol–water partition coefficient (Wildman–Crippen LogP) is -0.933. The number of rotatable bonds is 6. The zero-order valence-corrected chi connectivity index (χ0v) is 6.81. The van der Waals surface area contributed by atoms with Gasteiger partial charge in [0.05, 0.1) is 13.2 Å². The van der Waals surface area contributed by atoms with Gasteiger partial charge in [-0.2, -0.15) is 0 Å². The van der Waals surface area contributed by atoms with Crippen LogP contribution in [0.25, 0.3) is 0 Å². The molecule has 68 valence electrons. The van der Waals surface area contributed by atoms with Crippen molar-refractivity contribution < 1.29 is 15.0 Å². The third-order valence-electron chi connectivity index (χ3n) is 1.22. The summed E-state index contributed by atoms with van der Waals surface area (Å²) in [5.41, 5.74) is 0. The smallest absolute Gasteiger partial charge is 0.161 e. The minimum atomic E-state index is -0.545. The van der Waals surface area contributed by atoms with E-state index in [1.165, 1.54) is 12.3 Å². The van der Waals surface area contributed by atoms with Crippen LogP contribution in [-0.2, 0) is 4.79 Å². The van der Waals surface area contributed by atoms with Crippen LogP contribution in [-0.4, -0.2) is 47.2 Å². The van der Waals surface area contributed by atoms with Gasteiger partial charge in [-0.1, -0.05) is 0 Å². The van der Waals surface area contributed by atoms with E-state index in [-0.39, 0.29) is 13.2 Å². The van der Waals surface area contributed by atoms with E-state index in [1.54, 1.807) is 4.90 Å². The van der Waals surface area contributed by atoms with E-state index < -0.39 is 5.78 Å². The molecule has 0 aromatic carbocycles. The Hall–Kier alpha value is -0.870. The molecule has 0 saturated carbocycles. The quantitative estimate of drug-likeness (QED) is 0.507. The van der Waals surface area contributed by atoms with Gasteiger partial charge in [-0.3, -0.25) is 4.79 Å². The minimum absolute atomic E-state index is 0.0247. The maximum absolute atomic E-state index is 10.3. The van der Waals surface area contributed by atoms with Crippen LogP contribution in [0, 0.1) is 6.92 Å². The molecule has 0 unspecified atom stereocenters. The molecule has 0 aromatic rings. The Morgan fingerprint density at radius 3 is 2.17 bits per heavy atom. The average molecular weight is 171 g/mol. The molecule has 0 spiro atoms. The molecular weight excluding hydrogens is 158 g/mol. The molecule has 0 amide bonds. The Kier molecular flexibility index (Phi) is 6.32. The molecule has 0 aromatic heterocycles. The fourth-order valence-electron chi connectivity index (χ4n) is 0.697. The predicted molar refractivity (Wildman–Crippen MR) is 44.2 cm³/mol. The summed E-state index contributed by atoms with van der Waals surface area (Å²) in [6.07, 6.45) is 2.64. The molecule has 4 heteroatoms. The first-order valence-electron chi connectivity index (χ1n) is 3.64. The molecule has 0 rings (SSSR count). The average Bonchev–Trinajstić information content (AvgIpc) is 2.01. The second kappa shape index (κ2) is 6.82. The largest absolute Gasteiger partial charge is 0.395 e. The Morgan fingerprint density at radius 1 is 1.33 bits per heavy atom.